The van der Waals surface area contributed by atoms with Crippen LogP contribution in [0.2, 0.25) is 0 Å². The molecule has 1 aliphatic heterocycles. The Morgan fingerprint density at radius 1 is 1.18 bits per heavy atom. The summed E-state index contributed by atoms with van der Waals surface area (Å²) in [6.45, 7) is 5.20. The first-order valence-electron chi connectivity index (χ1n) is 7.79. The van der Waals surface area contributed by atoms with Crippen molar-refractivity contribution < 1.29 is 4.79 Å². The third-order valence-electron chi connectivity index (χ3n) is 5.07. The summed E-state index contributed by atoms with van der Waals surface area (Å²) in [5.41, 5.74) is 1.14. The number of carbonyl (C=O) groups is 1. The molecule has 1 saturated carbocycles. The van der Waals surface area contributed by atoms with Crippen LogP contribution in [0, 0.1) is 5.41 Å². The van der Waals surface area contributed by atoms with Crippen LogP contribution in [0.15, 0.2) is 28.7 Å². The fourth-order valence-corrected chi connectivity index (χ4v) is 3.48. The van der Waals surface area contributed by atoms with Crippen LogP contribution in [0.3, 0.4) is 0 Å². The maximum atomic E-state index is 12.7. The first kappa shape index (κ1) is 17.8. The summed E-state index contributed by atoms with van der Waals surface area (Å²) in [6, 6.07) is 8.19. The quantitative estimate of drug-likeness (QED) is 0.831. The fourth-order valence-electron chi connectivity index (χ4n) is 3.21. The average Bonchev–Trinajstić information content (AvgIpc) is 3.28. The first-order valence-corrected chi connectivity index (χ1v) is 8.59. The van der Waals surface area contributed by atoms with Crippen LogP contribution in [0.25, 0.3) is 0 Å². The number of amides is 1. The fraction of sp³-hybridized carbons (Fsp3) is 0.588. The van der Waals surface area contributed by atoms with Crippen molar-refractivity contribution in [3.63, 3.8) is 0 Å². The van der Waals surface area contributed by atoms with E-state index < -0.39 is 0 Å². The molecule has 0 unspecified atom stereocenters. The van der Waals surface area contributed by atoms with Crippen LogP contribution in [-0.4, -0.2) is 25.5 Å². The van der Waals surface area contributed by atoms with Gasteiger partial charge in [0, 0.05) is 11.0 Å². The zero-order valence-electron chi connectivity index (χ0n) is 13.0. The van der Waals surface area contributed by atoms with E-state index in [1.54, 1.807) is 0 Å². The van der Waals surface area contributed by atoms with E-state index >= 15 is 0 Å². The predicted octanol–water partition coefficient (Wildman–Crippen LogP) is 3.41. The lowest BCUT2D eigenvalue weighted by atomic mass is 9.81. The van der Waals surface area contributed by atoms with E-state index in [4.69, 9.17) is 0 Å². The normalized spacial score (nSPS) is 21.5. The molecule has 1 saturated heterocycles. The molecule has 1 aromatic rings. The van der Waals surface area contributed by atoms with E-state index in [-0.39, 0.29) is 29.1 Å². The van der Waals surface area contributed by atoms with E-state index in [0.29, 0.717) is 0 Å². The summed E-state index contributed by atoms with van der Waals surface area (Å²) in [4.78, 5) is 12.7. The van der Waals surface area contributed by atoms with Gasteiger partial charge in [0.25, 0.3) is 0 Å². The van der Waals surface area contributed by atoms with Crippen molar-refractivity contribution in [2.75, 3.05) is 19.6 Å². The Morgan fingerprint density at radius 3 is 2.32 bits per heavy atom. The molecule has 5 heteroatoms. The lowest BCUT2D eigenvalue weighted by Crippen LogP contribution is -2.45. The zero-order chi connectivity index (χ0) is 14.9. The number of benzene rings is 1. The van der Waals surface area contributed by atoms with Crippen molar-refractivity contribution in [1.82, 2.24) is 10.6 Å². The summed E-state index contributed by atoms with van der Waals surface area (Å²) < 4.78 is 1.06. The van der Waals surface area contributed by atoms with Crippen molar-refractivity contribution in [3.8, 4) is 0 Å². The molecule has 2 aliphatic rings. The molecular weight excluding hydrogens is 364 g/mol. The largest absolute Gasteiger partial charge is 0.355 e. The number of halogens is 2. The second kappa shape index (κ2) is 6.90. The molecule has 22 heavy (non-hydrogen) atoms. The number of carbonyl (C=O) groups excluding carboxylic acids is 1. The van der Waals surface area contributed by atoms with E-state index in [2.05, 4.69) is 45.6 Å². The molecule has 2 fully saturated rings. The average molecular weight is 388 g/mol. The zero-order valence-corrected chi connectivity index (χ0v) is 15.4. The number of rotatable bonds is 4. The van der Waals surface area contributed by atoms with Crippen LogP contribution in [0.5, 0.6) is 0 Å². The third-order valence-corrected chi connectivity index (χ3v) is 5.60. The van der Waals surface area contributed by atoms with Crippen molar-refractivity contribution >= 4 is 34.2 Å². The minimum atomic E-state index is -0.260. The molecule has 1 heterocycles. The highest BCUT2D eigenvalue weighted by Gasteiger charge is 2.51. The van der Waals surface area contributed by atoms with Gasteiger partial charge in [-0.1, -0.05) is 35.0 Å². The van der Waals surface area contributed by atoms with Gasteiger partial charge in [-0.3, -0.25) is 4.79 Å². The molecule has 1 amide bonds. The monoisotopic (exact) mass is 386 g/mol. The van der Waals surface area contributed by atoms with Gasteiger partial charge < -0.3 is 10.6 Å². The Hall–Kier alpha value is -0.580. The topological polar surface area (TPSA) is 41.1 Å². The predicted molar refractivity (Wildman–Crippen MR) is 95.5 cm³/mol. The Bertz CT molecular complexity index is 522. The van der Waals surface area contributed by atoms with Crippen molar-refractivity contribution in [2.45, 2.75) is 38.0 Å². The highest BCUT2D eigenvalue weighted by atomic mass is 79.9. The van der Waals surface area contributed by atoms with Crippen LogP contribution in [0.1, 0.15) is 38.2 Å². The van der Waals surface area contributed by atoms with Gasteiger partial charge in [-0.15, -0.1) is 12.4 Å². The number of hydrogen-bond acceptors (Lipinski definition) is 2. The molecule has 1 aromatic carbocycles. The molecule has 0 bridgehead atoms. The molecule has 3 rings (SSSR count). The Morgan fingerprint density at radius 2 is 1.77 bits per heavy atom. The standard InChI is InChI=1S/C17H23BrN2O.ClH/c1-16(8-10-19-11-9-16)12-20-15(21)17(6-7-17)13-2-4-14(18)5-3-13;/h2-5,19H,6-12H2,1H3,(H,20,21);1H. The Balaban J connectivity index is 0.00000176. The molecule has 0 aromatic heterocycles. The molecule has 0 radical (unpaired) electrons. The molecule has 122 valence electrons. The summed E-state index contributed by atoms with van der Waals surface area (Å²) >= 11 is 3.45. The molecule has 0 atom stereocenters. The second-order valence-electron chi connectivity index (χ2n) is 6.83. The molecular formula is C17H24BrClN2O. The maximum Gasteiger partial charge on any atom is 0.230 e. The van der Waals surface area contributed by atoms with Crippen LogP contribution >= 0.6 is 28.3 Å². The van der Waals surface area contributed by atoms with Gasteiger partial charge in [0.2, 0.25) is 5.91 Å². The van der Waals surface area contributed by atoms with E-state index in [9.17, 15) is 4.79 Å². The van der Waals surface area contributed by atoms with Gasteiger partial charge in [0.1, 0.15) is 0 Å². The number of piperidine rings is 1. The number of nitrogens with one attached hydrogen (secondary N) is 2. The van der Waals surface area contributed by atoms with Crippen molar-refractivity contribution in [1.29, 1.82) is 0 Å². The van der Waals surface area contributed by atoms with Gasteiger partial charge in [-0.05, 0) is 61.9 Å². The summed E-state index contributed by atoms with van der Waals surface area (Å²) in [5, 5.41) is 6.61. The minimum absolute atomic E-state index is 0. The van der Waals surface area contributed by atoms with Gasteiger partial charge in [-0.25, -0.2) is 0 Å². The Kier molecular flexibility index (Phi) is 5.57. The molecule has 0 spiro atoms. The van der Waals surface area contributed by atoms with E-state index in [1.165, 1.54) is 0 Å². The van der Waals surface area contributed by atoms with Crippen LogP contribution < -0.4 is 10.6 Å². The van der Waals surface area contributed by atoms with E-state index in [0.717, 1.165) is 55.4 Å². The van der Waals surface area contributed by atoms with Gasteiger partial charge >= 0.3 is 0 Å². The van der Waals surface area contributed by atoms with Gasteiger partial charge in [0.15, 0.2) is 0 Å². The summed E-state index contributed by atoms with van der Waals surface area (Å²) in [6.07, 6.45) is 4.22. The van der Waals surface area contributed by atoms with Crippen molar-refractivity contribution in [2.24, 2.45) is 5.41 Å². The lowest BCUT2D eigenvalue weighted by molar-refractivity contribution is -0.124. The lowest BCUT2D eigenvalue weighted by Gasteiger charge is -2.34. The summed E-state index contributed by atoms with van der Waals surface area (Å²) in [5.74, 6) is 0.213. The van der Waals surface area contributed by atoms with Crippen LogP contribution in [-0.2, 0) is 10.2 Å². The highest BCUT2D eigenvalue weighted by molar-refractivity contribution is 9.10. The SMILES string of the molecule is CC1(CNC(=O)C2(c3ccc(Br)cc3)CC2)CCNCC1.Cl. The van der Waals surface area contributed by atoms with Gasteiger partial charge in [-0.2, -0.15) is 0 Å². The van der Waals surface area contributed by atoms with Crippen molar-refractivity contribution in [3.05, 3.63) is 34.3 Å². The molecule has 2 N–H and O–H groups in total. The molecule has 3 nitrogen and oxygen atoms in total. The van der Waals surface area contributed by atoms with Crippen LogP contribution in [0.4, 0.5) is 0 Å². The third kappa shape index (κ3) is 3.66. The smallest absolute Gasteiger partial charge is 0.230 e. The summed E-state index contributed by atoms with van der Waals surface area (Å²) in [7, 11) is 0. The highest BCUT2D eigenvalue weighted by Crippen LogP contribution is 2.48. The minimum Gasteiger partial charge on any atom is -0.355 e. The Labute approximate surface area is 147 Å². The maximum absolute atomic E-state index is 12.7. The molecule has 1 aliphatic carbocycles. The number of hydrogen-bond donors (Lipinski definition) is 2. The first-order chi connectivity index (χ1) is 10.0. The van der Waals surface area contributed by atoms with Gasteiger partial charge in [0.05, 0.1) is 5.41 Å². The second-order valence-corrected chi connectivity index (χ2v) is 7.75. The van der Waals surface area contributed by atoms with E-state index in [1.807, 2.05) is 12.1 Å².